The minimum atomic E-state index is -1.82. The van der Waals surface area contributed by atoms with Crippen LogP contribution in [0.4, 0.5) is 0 Å². The van der Waals surface area contributed by atoms with E-state index in [1.54, 1.807) is 0 Å². The predicted molar refractivity (Wildman–Crippen MR) is 54.7 cm³/mol. The van der Waals surface area contributed by atoms with Crippen LogP contribution < -0.4 is 5.32 Å². The Morgan fingerprint density at radius 1 is 1.43 bits per heavy atom. The van der Waals surface area contributed by atoms with E-state index in [9.17, 15) is 0 Å². The number of carboxylic acids is 2. The maximum Gasteiger partial charge on any atom is 0.414 e. The Kier molecular flexibility index (Phi) is 7.23. The van der Waals surface area contributed by atoms with Crippen molar-refractivity contribution in [1.82, 2.24) is 5.32 Å². The third kappa shape index (κ3) is 6.73. The van der Waals surface area contributed by atoms with Crippen molar-refractivity contribution in [2.24, 2.45) is 0 Å². The summed E-state index contributed by atoms with van der Waals surface area (Å²) in [5.74, 6) is -2.36. The highest BCUT2D eigenvalue weighted by atomic mass is 32.2. The number of aliphatic carboxylic acids is 2. The smallest absolute Gasteiger partial charge is 0.414 e. The summed E-state index contributed by atoms with van der Waals surface area (Å²) < 4.78 is 0. The summed E-state index contributed by atoms with van der Waals surface area (Å²) in [6.07, 6.45) is 4.94. The lowest BCUT2D eigenvalue weighted by Crippen LogP contribution is -2.23. The van der Waals surface area contributed by atoms with Crippen LogP contribution in [0.5, 0.6) is 0 Å². The van der Waals surface area contributed by atoms with E-state index in [1.165, 1.54) is 25.1 Å². The zero-order valence-electron chi connectivity index (χ0n) is 8.02. The molecule has 0 aliphatic carbocycles. The average molecular weight is 221 g/mol. The molecular formula is C8H15NO4S. The highest BCUT2D eigenvalue weighted by Gasteiger charge is 2.11. The van der Waals surface area contributed by atoms with Gasteiger partial charge in [0.1, 0.15) is 0 Å². The van der Waals surface area contributed by atoms with Gasteiger partial charge in [-0.15, -0.1) is 0 Å². The molecule has 1 unspecified atom stereocenters. The first-order chi connectivity index (χ1) is 6.57. The fourth-order valence-electron chi connectivity index (χ4n) is 1.10. The van der Waals surface area contributed by atoms with Gasteiger partial charge in [0, 0.05) is 11.8 Å². The lowest BCUT2D eigenvalue weighted by Gasteiger charge is -2.05. The number of carboxylic acid groups (broad SMARTS) is 2. The van der Waals surface area contributed by atoms with Gasteiger partial charge >= 0.3 is 11.9 Å². The molecule has 82 valence electrons. The Hall–Kier alpha value is -0.750. The van der Waals surface area contributed by atoms with E-state index >= 15 is 0 Å². The molecule has 1 aliphatic heterocycles. The van der Waals surface area contributed by atoms with Crippen LogP contribution in [0.15, 0.2) is 0 Å². The number of thioether (sulfide) groups is 1. The Balaban J connectivity index is 0.000000255. The van der Waals surface area contributed by atoms with Crippen LogP contribution in [-0.2, 0) is 9.59 Å². The van der Waals surface area contributed by atoms with Gasteiger partial charge in [-0.3, -0.25) is 0 Å². The van der Waals surface area contributed by atoms with Gasteiger partial charge in [-0.05, 0) is 25.6 Å². The number of hydrogen-bond acceptors (Lipinski definition) is 4. The number of carbonyl (C=O) groups is 2. The van der Waals surface area contributed by atoms with E-state index in [4.69, 9.17) is 19.8 Å². The fraction of sp³-hybridized carbons (Fsp3) is 0.750. The monoisotopic (exact) mass is 221 g/mol. The normalized spacial score (nSPS) is 19.6. The Bertz CT molecular complexity index is 180. The van der Waals surface area contributed by atoms with Gasteiger partial charge in [-0.2, -0.15) is 11.8 Å². The molecule has 0 spiro atoms. The Morgan fingerprint density at radius 3 is 2.29 bits per heavy atom. The minimum absolute atomic E-state index is 0.824. The molecular weight excluding hydrogens is 206 g/mol. The van der Waals surface area contributed by atoms with Gasteiger partial charge in [0.2, 0.25) is 0 Å². The molecule has 1 heterocycles. The van der Waals surface area contributed by atoms with E-state index < -0.39 is 11.9 Å². The summed E-state index contributed by atoms with van der Waals surface area (Å²) in [6, 6.07) is 0.824. The van der Waals surface area contributed by atoms with Crippen LogP contribution in [0, 0.1) is 0 Å². The first-order valence-corrected chi connectivity index (χ1v) is 5.65. The van der Waals surface area contributed by atoms with E-state index in [-0.39, 0.29) is 0 Å². The first kappa shape index (κ1) is 13.2. The van der Waals surface area contributed by atoms with E-state index in [2.05, 4.69) is 11.6 Å². The molecule has 6 heteroatoms. The maximum absolute atomic E-state index is 9.10. The predicted octanol–water partition coefficient (Wildman–Crippen LogP) is 0.257. The number of hydrogen-bond donors (Lipinski definition) is 3. The molecule has 0 aromatic rings. The van der Waals surface area contributed by atoms with E-state index in [0.29, 0.717) is 0 Å². The zero-order valence-corrected chi connectivity index (χ0v) is 8.84. The van der Waals surface area contributed by atoms with Crippen LogP contribution in [0.1, 0.15) is 12.8 Å². The van der Waals surface area contributed by atoms with Crippen molar-refractivity contribution in [2.75, 3.05) is 18.6 Å². The summed E-state index contributed by atoms with van der Waals surface area (Å²) in [5, 5.41) is 18.2. The van der Waals surface area contributed by atoms with E-state index in [1.807, 2.05) is 11.8 Å². The van der Waals surface area contributed by atoms with Crippen molar-refractivity contribution in [3.05, 3.63) is 0 Å². The minimum Gasteiger partial charge on any atom is -0.473 e. The van der Waals surface area contributed by atoms with Crippen LogP contribution >= 0.6 is 11.8 Å². The summed E-state index contributed by atoms with van der Waals surface area (Å²) in [7, 11) is 0. The third-order valence-corrected chi connectivity index (χ3v) is 2.45. The molecule has 0 radical (unpaired) electrons. The van der Waals surface area contributed by atoms with Gasteiger partial charge in [-0.1, -0.05) is 0 Å². The highest BCUT2D eigenvalue weighted by Crippen LogP contribution is 2.08. The van der Waals surface area contributed by atoms with E-state index in [0.717, 1.165) is 6.04 Å². The Labute approximate surface area is 86.9 Å². The standard InChI is InChI=1S/C6H13NS.C2H2O4/c1-8-5-6-3-2-4-7-6;3-1(4)2(5)6/h6-7H,2-5H2,1H3;(H,3,4)(H,5,6). The molecule has 0 aromatic heterocycles. The second-order valence-corrected chi connectivity index (χ2v) is 3.77. The zero-order chi connectivity index (χ0) is 11.0. The van der Waals surface area contributed by atoms with Crippen LogP contribution in [0.2, 0.25) is 0 Å². The fourth-order valence-corrected chi connectivity index (χ4v) is 1.79. The molecule has 1 rings (SSSR count). The van der Waals surface area contributed by atoms with Crippen LogP contribution in [0.25, 0.3) is 0 Å². The van der Waals surface area contributed by atoms with Crippen molar-refractivity contribution in [1.29, 1.82) is 0 Å². The molecule has 1 saturated heterocycles. The van der Waals surface area contributed by atoms with Crippen molar-refractivity contribution in [3.8, 4) is 0 Å². The topological polar surface area (TPSA) is 86.6 Å². The molecule has 1 aliphatic rings. The Morgan fingerprint density at radius 2 is 2.00 bits per heavy atom. The lowest BCUT2D eigenvalue weighted by atomic mass is 10.3. The molecule has 0 saturated carbocycles. The van der Waals surface area contributed by atoms with Gasteiger partial charge < -0.3 is 15.5 Å². The molecule has 3 N–H and O–H groups in total. The van der Waals surface area contributed by atoms with Gasteiger partial charge in [0.15, 0.2) is 0 Å². The molecule has 0 amide bonds. The molecule has 1 atom stereocenters. The summed E-state index contributed by atoms with van der Waals surface area (Å²) in [5.41, 5.74) is 0. The largest absolute Gasteiger partial charge is 0.473 e. The first-order valence-electron chi connectivity index (χ1n) is 4.26. The van der Waals surface area contributed by atoms with Crippen LogP contribution in [0.3, 0.4) is 0 Å². The third-order valence-electron chi connectivity index (χ3n) is 1.71. The lowest BCUT2D eigenvalue weighted by molar-refractivity contribution is -0.159. The van der Waals surface area contributed by atoms with Gasteiger partial charge in [0.05, 0.1) is 0 Å². The summed E-state index contributed by atoms with van der Waals surface area (Å²) in [6.45, 7) is 1.24. The highest BCUT2D eigenvalue weighted by molar-refractivity contribution is 7.98. The average Bonchev–Trinajstić information content (AvgIpc) is 2.58. The SMILES string of the molecule is CSCC1CCCN1.O=C(O)C(=O)O. The van der Waals surface area contributed by atoms with Gasteiger partial charge in [-0.25, -0.2) is 9.59 Å². The number of nitrogens with one attached hydrogen (secondary N) is 1. The van der Waals surface area contributed by atoms with Crippen molar-refractivity contribution in [3.63, 3.8) is 0 Å². The summed E-state index contributed by atoms with van der Waals surface area (Å²) >= 11 is 1.94. The quantitative estimate of drug-likeness (QED) is 0.580. The summed E-state index contributed by atoms with van der Waals surface area (Å²) in [4.78, 5) is 18.2. The molecule has 14 heavy (non-hydrogen) atoms. The molecule has 0 bridgehead atoms. The number of rotatable bonds is 2. The second-order valence-electron chi connectivity index (χ2n) is 2.86. The maximum atomic E-state index is 9.10. The molecule has 0 aromatic carbocycles. The van der Waals surface area contributed by atoms with Crippen LogP contribution in [-0.4, -0.2) is 46.7 Å². The van der Waals surface area contributed by atoms with Crippen molar-refractivity contribution < 1.29 is 19.8 Å². The molecule has 1 fully saturated rings. The van der Waals surface area contributed by atoms with Gasteiger partial charge in [0.25, 0.3) is 0 Å². The second kappa shape index (κ2) is 7.64. The van der Waals surface area contributed by atoms with Crippen molar-refractivity contribution in [2.45, 2.75) is 18.9 Å². The van der Waals surface area contributed by atoms with Crippen molar-refractivity contribution >= 4 is 23.7 Å². The molecule has 5 nitrogen and oxygen atoms in total.